The van der Waals surface area contributed by atoms with E-state index in [1.807, 2.05) is 6.07 Å². The smallest absolute Gasteiger partial charge is 0.258 e. The van der Waals surface area contributed by atoms with Crippen LogP contribution in [-0.4, -0.2) is 15.9 Å². The van der Waals surface area contributed by atoms with Crippen LogP contribution in [0.1, 0.15) is 10.4 Å². The van der Waals surface area contributed by atoms with E-state index in [9.17, 15) is 4.79 Å². The summed E-state index contributed by atoms with van der Waals surface area (Å²) in [6.07, 6.45) is 0. The van der Waals surface area contributed by atoms with E-state index in [4.69, 9.17) is 11.5 Å². The first-order valence-corrected chi connectivity index (χ1v) is 4.91. The van der Waals surface area contributed by atoms with Crippen molar-refractivity contribution in [1.29, 1.82) is 0 Å². The fraction of sp³-hybridized carbons (Fsp3) is 0. The number of nitrogens with zero attached hydrogens (tertiary/aromatic N) is 2. The monoisotopic (exact) mass is 229 g/mol. The molecule has 0 bridgehead atoms. The minimum absolute atomic E-state index is 0.0938. The van der Waals surface area contributed by atoms with Crippen molar-refractivity contribution in [3.63, 3.8) is 0 Å². The van der Waals surface area contributed by atoms with Gasteiger partial charge in [-0.2, -0.15) is 9.97 Å². The molecule has 0 spiro atoms. The van der Waals surface area contributed by atoms with Gasteiger partial charge in [0.2, 0.25) is 5.95 Å². The Bertz CT molecular complexity index is 521. The molecule has 6 nitrogen and oxygen atoms in total. The molecule has 0 atom stereocenters. The molecule has 1 heterocycles. The molecular formula is C11H11N5O. The second kappa shape index (κ2) is 4.48. The first-order valence-electron chi connectivity index (χ1n) is 4.91. The van der Waals surface area contributed by atoms with Crippen molar-refractivity contribution in [2.75, 3.05) is 16.8 Å². The van der Waals surface area contributed by atoms with Gasteiger partial charge in [0.05, 0.1) is 0 Å². The van der Waals surface area contributed by atoms with Crippen molar-refractivity contribution in [2.45, 2.75) is 0 Å². The SMILES string of the molecule is Nc1cc(N)nc(NC(=O)c2ccccc2)n1. The van der Waals surface area contributed by atoms with Crippen molar-refractivity contribution < 1.29 is 4.79 Å². The van der Waals surface area contributed by atoms with Crippen LogP contribution in [0.5, 0.6) is 0 Å². The zero-order chi connectivity index (χ0) is 12.3. The Morgan fingerprint density at radius 1 is 1.06 bits per heavy atom. The van der Waals surface area contributed by atoms with E-state index in [-0.39, 0.29) is 23.5 Å². The number of carbonyl (C=O) groups is 1. The van der Waals surface area contributed by atoms with Gasteiger partial charge in [-0.25, -0.2) is 0 Å². The normalized spacial score (nSPS) is 9.88. The average molecular weight is 229 g/mol. The van der Waals surface area contributed by atoms with Gasteiger partial charge in [-0.15, -0.1) is 0 Å². The van der Waals surface area contributed by atoms with Crippen LogP contribution < -0.4 is 16.8 Å². The van der Waals surface area contributed by atoms with Gasteiger partial charge < -0.3 is 11.5 Å². The minimum Gasteiger partial charge on any atom is -0.383 e. The fourth-order valence-corrected chi connectivity index (χ4v) is 1.30. The van der Waals surface area contributed by atoms with Crippen molar-refractivity contribution in [2.24, 2.45) is 0 Å². The third-order valence-corrected chi connectivity index (χ3v) is 2.03. The minimum atomic E-state index is -0.310. The van der Waals surface area contributed by atoms with Gasteiger partial charge in [-0.05, 0) is 12.1 Å². The van der Waals surface area contributed by atoms with Crippen molar-refractivity contribution >= 4 is 23.5 Å². The van der Waals surface area contributed by atoms with Gasteiger partial charge in [0.25, 0.3) is 5.91 Å². The molecular weight excluding hydrogens is 218 g/mol. The van der Waals surface area contributed by atoms with Crippen LogP contribution in [0.25, 0.3) is 0 Å². The zero-order valence-electron chi connectivity index (χ0n) is 8.92. The van der Waals surface area contributed by atoms with Gasteiger partial charge in [0.15, 0.2) is 0 Å². The summed E-state index contributed by atoms with van der Waals surface area (Å²) in [7, 11) is 0. The molecule has 86 valence electrons. The number of rotatable bonds is 2. The van der Waals surface area contributed by atoms with E-state index in [0.717, 1.165) is 0 Å². The van der Waals surface area contributed by atoms with Gasteiger partial charge in [-0.3, -0.25) is 10.1 Å². The largest absolute Gasteiger partial charge is 0.383 e. The summed E-state index contributed by atoms with van der Waals surface area (Å²) < 4.78 is 0. The summed E-state index contributed by atoms with van der Waals surface area (Å²) in [5.41, 5.74) is 11.5. The van der Waals surface area contributed by atoms with Crippen LogP contribution in [0.3, 0.4) is 0 Å². The number of nitrogens with one attached hydrogen (secondary N) is 1. The molecule has 0 fully saturated rings. The molecule has 2 aromatic rings. The highest BCUT2D eigenvalue weighted by atomic mass is 16.1. The summed E-state index contributed by atoms with van der Waals surface area (Å²) in [4.78, 5) is 19.5. The molecule has 1 aromatic carbocycles. The highest BCUT2D eigenvalue weighted by Gasteiger charge is 2.07. The van der Waals surface area contributed by atoms with E-state index >= 15 is 0 Å². The summed E-state index contributed by atoms with van der Waals surface area (Å²) >= 11 is 0. The number of benzene rings is 1. The number of hydrogen-bond acceptors (Lipinski definition) is 5. The van der Waals surface area contributed by atoms with Crippen LogP contribution >= 0.6 is 0 Å². The predicted molar refractivity (Wildman–Crippen MR) is 65.3 cm³/mol. The number of nitrogen functional groups attached to an aromatic ring is 2. The first-order chi connectivity index (χ1) is 8.15. The molecule has 6 heteroatoms. The Morgan fingerprint density at radius 3 is 2.24 bits per heavy atom. The molecule has 1 aromatic heterocycles. The predicted octanol–water partition coefficient (Wildman–Crippen LogP) is 0.893. The van der Waals surface area contributed by atoms with Crippen LogP contribution in [-0.2, 0) is 0 Å². The maximum absolute atomic E-state index is 11.8. The lowest BCUT2D eigenvalue weighted by Gasteiger charge is -2.04. The van der Waals surface area contributed by atoms with E-state index in [1.54, 1.807) is 24.3 Å². The lowest BCUT2D eigenvalue weighted by molar-refractivity contribution is 0.102. The second-order valence-electron chi connectivity index (χ2n) is 3.36. The van der Waals surface area contributed by atoms with E-state index in [0.29, 0.717) is 5.56 Å². The third kappa shape index (κ3) is 2.69. The van der Waals surface area contributed by atoms with Crippen molar-refractivity contribution in [3.05, 3.63) is 42.0 Å². The maximum Gasteiger partial charge on any atom is 0.258 e. The number of amides is 1. The van der Waals surface area contributed by atoms with E-state index < -0.39 is 0 Å². The van der Waals surface area contributed by atoms with Crippen LogP contribution in [0.4, 0.5) is 17.6 Å². The molecule has 0 radical (unpaired) electrons. The van der Waals surface area contributed by atoms with Crippen molar-refractivity contribution in [3.8, 4) is 0 Å². The van der Waals surface area contributed by atoms with Gasteiger partial charge in [0.1, 0.15) is 11.6 Å². The highest BCUT2D eigenvalue weighted by molar-refractivity contribution is 6.03. The summed E-state index contributed by atoms with van der Waals surface area (Å²) in [6.45, 7) is 0. The molecule has 2 rings (SSSR count). The Labute approximate surface area is 97.7 Å². The molecule has 1 amide bonds. The topological polar surface area (TPSA) is 107 Å². The lowest BCUT2D eigenvalue weighted by Crippen LogP contribution is -2.15. The number of carbonyl (C=O) groups excluding carboxylic acids is 1. The van der Waals surface area contributed by atoms with Gasteiger partial charge >= 0.3 is 0 Å². The third-order valence-electron chi connectivity index (χ3n) is 2.03. The van der Waals surface area contributed by atoms with Gasteiger partial charge in [-0.1, -0.05) is 18.2 Å². The number of aromatic nitrogens is 2. The maximum atomic E-state index is 11.8. The Balaban J connectivity index is 2.19. The van der Waals surface area contributed by atoms with E-state index in [2.05, 4.69) is 15.3 Å². The van der Waals surface area contributed by atoms with Gasteiger partial charge in [0, 0.05) is 11.6 Å². The molecule has 0 aliphatic rings. The Hall–Kier alpha value is -2.63. The number of hydrogen-bond donors (Lipinski definition) is 3. The fourth-order valence-electron chi connectivity index (χ4n) is 1.30. The number of nitrogens with two attached hydrogens (primary N) is 2. The molecule has 0 unspecified atom stereocenters. The lowest BCUT2D eigenvalue weighted by atomic mass is 10.2. The van der Waals surface area contributed by atoms with Crippen LogP contribution in [0.2, 0.25) is 0 Å². The van der Waals surface area contributed by atoms with Crippen molar-refractivity contribution in [1.82, 2.24) is 9.97 Å². The highest BCUT2D eigenvalue weighted by Crippen LogP contribution is 2.09. The second-order valence-corrected chi connectivity index (χ2v) is 3.36. The summed E-state index contributed by atoms with van der Waals surface area (Å²) in [5.74, 6) is 0.202. The zero-order valence-corrected chi connectivity index (χ0v) is 8.92. The number of anilines is 3. The quantitative estimate of drug-likeness (QED) is 0.709. The van der Waals surface area contributed by atoms with Crippen LogP contribution in [0, 0.1) is 0 Å². The Morgan fingerprint density at radius 2 is 1.65 bits per heavy atom. The summed E-state index contributed by atoms with van der Waals surface area (Å²) in [5, 5.41) is 2.52. The first kappa shape index (κ1) is 10.9. The summed E-state index contributed by atoms with van der Waals surface area (Å²) in [6, 6.07) is 10.1. The molecule has 0 aliphatic heterocycles. The molecule has 0 saturated heterocycles. The standard InChI is InChI=1S/C11H11N5O/c12-8-6-9(13)15-11(14-8)16-10(17)7-4-2-1-3-5-7/h1-6H,(H5,12,13,14,15,16,17). The molecule has 0 saturated carbocycles. The van der Waals surface area contributed by atoms with E-state index in [1.165, 1.54) is 6.07 Å². The molecule has 17 heavy (non-hydrogen) atoms. The Kier molecular flexibility index (Phi) is 2.87. The van der Waals surface area contributed by atoms with Crippen LogP contribution in [0.15, 0.2) is 36.4 Å². The molecule has 0 aliphatic carbocycles. The molecule has 5 N–H and O–H groups in total. The average Bonchev–Trinajstić information content (AvgIpc) is 2.28.